The maximum absolute atomic E-state index is 9.43. The molecule has 1 unspecified atom stereocenters. The fourth-order valence-electron chi connectivity index (χ4n) is 2.27. The Kier molecular flexibility index (Phi) is 3.92. The second-order valence-electron chi connectivity index (χ2n) is 4.67. The number of piperazine rings is 1. The summed E-state index contributed by atoms with van der Waals surface area (Å²) in [5.41, 5.74) is 1.91. The van der Waals surface area contributed by atoms with E-state index in [1.54, 1.807) is 0 Å². The molecular weight excluding hydrogens is 236 g/mol. The molecule has 1 heterocycles. The lowest BCUT2D eigenvalue weighted by Crippen LogP contribution is -2.50. The zero-order chi connectivity index (χ0) is 12.4. The number of benzene rings is 1. The van der Waals surface area contributed by atoms with E-state index in [1.807, 2.05) is 18.2 Å². The Morgan fingerprint density at radius 2 is 2.18 bits per heavy atom. The van der Waals surface area contributed by atoms with Gasteiger partial charge in [0, 0.05) is 41.9 Å². The molecule has 1 aromatic rings. The molecule has 0 aromatic heterocycles. The van der Waals surface area contributed by atoms with Gasteiger partial charge in [-0.15, -0.1) is 0 Å². The molecule has 1 fully saturated rings. The highest BCUT2D eigenvalue weighted by molar-refractivity contribution is 6.31. The number of aliphatic hydroxyl groups excluding tert-OH is 1. The molecule has 0 spiro atoms. The van der Waals surface area contributed by atoms with Gasteiger partial charge in [0.25, 0.3) is 0 Å². The zero-order valence-corrected chi connectivity index (χ0v) is 11.1. The molecule has 1 aromatic carbocycles. The first kappa shape index (κ1) is 12.7. The van der Waals surface area contributed by atoms with E-state index in [9.17, 15) is 5.11 Å². The lowest BCUT2D eigenvalue weighted by atomic mass is 10.1. The predicted molar refractivity (Wildman–Crippen MR) is 71.7 cm³/mol. The number of rotatable bonds is 2. The molecule has 1 atom stereocenters. The smallest absolute Gasteiger partial charge is 0.0716 e. The molecule has 0 saturated carbocycles. The molecule has 2 rings (SSSR count). The van der Waals surface area contributed by atoms with Crippen molar-refractivity contribution in [2.75, 3.05) is 31.6 Å². The summed E-state index contributed by atoms with van der Waals surface area (Å²) in [5, 5.41) is 10.1. The molecule has 1 aliphatic rings. The van der Waals surface area contributed by atoms with Gasteiger partial charge in [-0.25, -0.2) is 0 Å². The third-order valence-corrected chi connectivity index (χ3v) is 3.91. The topological polar surface area (TPSA) is 26.7 Å². The Hall–Kier alpha value is -0.770. The lowest BCUT2D eigenvalue weighted by Gasteiger charge is -2.39. The number of hydrogen-bond donors (Lipinski definition) is 1. The molecule has 0 aliphatic carbocycles. The van der Waals surface area contributed by atoms with Crippen molar-refractivity contribution in [3.8, 4) is 0 Å². The number of likely N-dealkylation sites (N-methyl/N-ethyl adjacent to an activating group) is 1. The lowest BCUT2D eigenvalue weighted by molar-refractivity contribution is 0.233. The first-order valence-corrected chi connectivity index (χ1v) is 6.34. The summed E-state index contributed by atoms with van der Waals surface area (Å²) in [6, 6.07) is 6.33. The Bertz CT molecular complexity index is 397. The number of halogens is 1. The average molecular weight is 255 g/mol. The summed E-state index contributed by atoms with van der Waals surface area (Å²) in [6.07, 6.45) is 0. The second kappa shape index (κ2) is 5.25. The molecule has 3 nitrogen and oxygen atoms in total. The van der Waals surface area contributed by atoms with E-state index in [4.69, 9.17) is 11.6 Å². The van der Waals surface area contributed by atoms with Crippen LogP contribution in [0.15, 0.2) is 18.2 Å². The minimum Gasteiger partial charge on any atom is -0.392 e. The second-order valence-corrected chi connectivity index (χ2v) is 5.08. The van der Waals surface area contributed by atoms with Gasteiger partial charge in [-0.2, -0.15) is 0 Å². The predicted octanol–water partition coefficient (Wildman–Crippen LogP) is 1.97. The van der Waals surface area contributed by atoms with E-state index < -0.39 is 0 Å². The van der Waals surface area contributed by atoms with Crippen molar-refractivity contribution in [2.45, 2.75) is 19.6 Å². The SMILES string of the molecule is CC1CN(c2cccc(Cl)c2CO)CCN1C. The standard InChI is InChI=1S/C13H19ClN2O/c1-10-8-16(7-6-15(10)2)13-5-3-4-12(14)11(13)9-17/h3-5,10,17H,6-9H2,1-2H3. The number of aliphatic hydroxyl groups is 1. The highest BCUT2D eigenvalue weighted by atomic mass is 35.5. The van der Waals surface area contributed by atoms with Crippen molar-refractivity contribution in [1.29, 1.82) is 0 Å². The van der Waals surface area contributed by atoms with Crippen molar-refractivity contribution >= 4 is 17.3 Å². The molecule has 0 amide bonds. The van der Waals surface area contributed by atoms with Crippen LogP contribution in [0.2, 0.25) is 5.02 Å². The van der Waals surface area contributed by atoms with Crippen LogP contribution in [0.1, 0.15) is 12.5 Å². The minimum absolute atomic E-state index is 0.00424. The van der Waals surface area contributed by atoms with Crippen LogP contribution in [0, 0.1) is 0 Å². The molecular formula is C13H19ClN2O. The number of anilines is 1. The zero-order valence-electron chi connectivity index (χ0n) is 10.4. The van der Waals surface area contributed by atoms with Crippen LogP contribution in [-0.4, -0.2) is 42.7 Å². The first-order valence-electron chi connectivity index (χ1n) is 5.97. The molecule has 0 radical (unpaired) electrons. The van der Waals surface area contributed by atoms with Crippen LogP contribution in [0.4, 0.5) is 5.69 Å². The highest BCUT2D eigenvalue weighted by Crippen LogP contribution is 2.28. The van der Waals surface area contributed by atoms with Gasteiger partial charge >= 0.3 is 0 Å². The summed E-state index contributed by atoms with van der Waals surface area (Å²) in [7, 11) is 2.15. The highest BCUT2D eigenvalue weighted by Gasteiger charge is 2.22. The molecule has 1 aliphatic heterocycles. The van der Waals surface area contributed by atoms with Gasteiger partial charge in [0.2, 0.25) is 0 Å². The van der Waals surface area contributed by atoms with Gasteiger partial charge in [0.05, 0.1) is 6.61 Å². The van der Waals surface area contributed by atoms with Crippen molar-refractivity contribution < 1.29 is 5.11 Å². The van der Waals surface area contributed by atoms with Crippen molar-refractivity contribution in [1.82, 2.24) is 4.90 Å². The van der Waals surface area contributed by atoms with Crippen LogP contribution in [0.25, 0.3) is 0 Å². The van der Waals surface area contributed by atoms with Crippen LogP contribution in [-0.2, 0) is 6.61 Å². The third-order valence-electron chi connectivity index (χ3n) is 3.55. The quantitative estimate of drug-likeness (QED) is 0.874. The molecule has 0 bridgehead atoms. The van der Waals surface area contributed by atoms with E-state index in [-0.39, 0.29) is 6.61 Å². The van der Waals surface area contributed by atoms with Gasteiger partial charge in [0.15, 0.2) is 0 Å². The maximum Gasteiger partial charge on any atom is 0.0716 e. The maximum atomic E-state index is 9.43. The van der Waals surface area contributed by atoms with Gasteiger partial charge < -0.3 is 14.9 Å². The Balaban J connectivity index is 2.25. The summed E-state index contributed by atoms with van der Waals surface area (Å²) in [4.78, 5) is 4.65. The van der Waals surface area contributed by atoms with Crippen molar-refractivity contribution in [3.63, 3.8) is 0 Å². The normalized spacial score (nSPS) is 21.9. The molecule has 1 N–H and O–H groups in total. The number of nitrogens with zero attached hydrogens (tertiary/aromatic N) is 2. The molecule has 17 heavy (non-hydrogen) atoms. The summed E-state index contributed by atoms with van der Waals surface area (Å²) in [5.74, 6) is 0. The summed E-state index contributed by atoms with van der Waals surface area (Å²) < 4.78 is 0. The average Bonchev–Trinajstić information content (AvgIpc) is 2.32. The molecule has 94 valence electrons. The third kappa shape index (κ3) is 2.57. The van der Waals surface area contributed by atoms with Gasteiger partial charge in [-0.3, -0.25) is 0 Å². The van der Waals surface area contributed by atoms with Crippen LogP contribution in [0.3, 0.4) is 0 Å². The van der Waals surface area contributed by atoms with E-state index in [0.29, 0.717) is 11.1 Å². The molecule has 1 saturated heterocycles. The fraction of sp³-hybridized carbons (Fsp3) is 0.538. The van der Waals surface area contributed by atoms with Crippen LogP contribution in [0.5, 0.6) is 0 Å². The largest absolute Gasteiger partial charge is 0.392 e. The van der Waals surface area contributed by atoms with E-state index in [1.165, 1.54) is 0 Å². The fourth-order valence-corrected chi connectivity index (χ4v) is 2.50. The van der Waals surface area contributed by atoms with Crippen LogP contribution >= 0.6 is 11.6 Å². The minimum atomic E-state index is -0.00424. The summed E-state index contributed by atoms with van der Waals surface area (Å²) in [6.45, 7) is 5.21. The summed E-state index contributed by atoms with van der Waals surface area (Å²) >= 11 is 6.12. The van der Waals surface area contributed by atoms with E-state index in [2.05, 4.69) is 23.8 Å². The first-order chi connectivity index (χ1) is 8.13. The monoisotopic (exact) mass is 254 g/mol. The Labute approximate surface area is 108 Å². The van der Waals surface area contributed by atoms with Gasteiger partial charge in [0.1, 0.15) is 0 Å². The van der Waals surface area contributed by atoms with Crippen LogP contribution < -0.4 is 4.90 Å². The number of hydrogen-bond acceptors (Lipinski definition) is 3. The van der Waals surface area contributed by atoms with Gasteiger partial charge in [-0.1, -0.05) is 17.7 Å². The Morgan fingerprint density at radius 1 is 1.41 bits per heavy atom. The van der Waals surface area contributed by atoms with Gasteiger partial charge in [-0.05, 0) is 26.1 Å². The molecule has 4 heteroatoms. The van der Waals surface area contributed by atoms with E-state index >= 15 is 0 Å². The van der Waals surface area contributed by atoms with E-state index in [0.717, 1.165) is 30.9 Å². The Morgan fingerprint density at radius 3 is 2.82 bits per heavy atom. The van der Waals surface area contributed by atoms with Crippen molar-refractivity contribution in [2.24, 2.45) is 0 Å². The van der Waals surface area contributed by atoms with Crippen molar-refractivity contribution in [3.05, 3.63) is 28.8 Å².